The van der Waals surface area contributed by atoms with E-state index in [0.29, 0.717) is 6.54 Å². The molecule has 1 atom stereocenters. The number of rotatable bonds is 6. The number of nitrogens with one attached hydrogen (secondary N) is 1. The molecule has 102 valence electrons. The van der Waals surface area contributed by atoms with Gasteiger partial charge in [-0.1, -0.05) is 29.8 Å². The molecule has 0 aliphatic rings. The van der Waals surface area contributed by atoms with E-state index in [1.165, 1.54) is 11.1 Å². The summed E-state index contributed by atoms with van der Waals surface area (Å²) >= 11 is 0. The second-order valence-corrected chi connectivity index (χ2v) is 7.68. The molecule has 0 aliphatic carbocycles. The van der Waals surface area contributed by atoms with Crippen molar-refractivity contribution in [1.82, 2.24) is 5.32 Å². The van der Waals surface area contributed by atoms with Crippen LogP contribution in [-0.2, 0) is 9.84 Å². The lowest BCUT2D eigenvalue weighted by molar-refractivity contribution is 0.566. The van der Waals surface area contributed by atoms with E-state index in [9.17, 15) is 8.42 Å². The molecule has 1 aromatic rings. The molecule has 3 nitrogen and oxygen atoms in total. The molecule has 0 radical (unpaired) electrons. The topological polar surface area (TPSA) is 46.2 Å². The monoisotopic (exact) mass is 269 g/mol. The van der Waals surface area contributed by atoms with Gasteiger partial charge in [0, 0.05) is 12.6 Å². The Hall–Kier alpha value is -0.870. The van der Waals surface area contributed by atoms with Crippen molar-refractivity contribution in [2.24, 2.45) is 0 Å². The lowest BCUT2D eigenvalue weighted by Crippen LogP contribution is -2.29. The molecule has 0 heterocycles. The third-order valence-corrected chi connectivity index (χ3v) is 5.34. The lowest BCUT2D eigenvalue weighted by atomic mass is 10.1. The summed E-state index contributed by atoms with van der Waals surface area (Å²) in [6, 6.07) is 8.46. The molecule has 1 rings (SSSR count). The van der Waals surface area contributed by atoms with Gasteiger partial charge >= 0.3 is 0 Å². The Morgan fingerprint density at radius 3 is 2.17 bits per heavy atom. The average molecular weight is 269 g/mol. The Morgan fingerprint density at radius 1 is 1.11 bits per heavy atom. The minimum Gasteiger partial charge on any atom is -0.309 e. The van der Waals surface area contributed by atoms with Crippen LogP contribution in [0.1, 0.15) is 37.9 Å². The average Bonchev–Trinajstić information content (AvgIpc) is 2.29. The highest BCUT2D eigenvalue weighted by Gasteiger charge is 2.15. The van der Waals surface area contributed by atoms with Crippen LogP contribution in [0.25, 0.3) is 0 Å². The van der Waals surface area contributed by atoms with Crippen molar-refractivity contribution in [2.45, 2.75) is 39.0 Å². The number of hydrogen-bond acceptors (Lipinski definition) is 3. The molecule has 1 N–H and O–H groups in total. The van der Waals surface area contributed by atoms with E-state index in [0.717, 1.165) is 0 Å². The van der Waals surface area contributed by atoms with Crippen LogP contribution in [0.3, 0.4) is 0 Å². The fourth-order valence-corrected chi connectivity index (χ4v) is 2.50. The third kappa shape index (κ3) is 4.42. The molecule has 0 spiro atoms. The van der Waals surface area contributed by atoms with E-state index >= 15 is 0 Å². The first-order valence-corrected chi connectivity index (χ1v) is 8.06. The molecular weight excluding hydrogens is 246 g/mol. The molecular formula is C14H23NO2S. The van der Waals surface area contributed by atoms with Crippen molar-refractivity contribution >= 4 is 9.84 Å². The molecule has 0 saturated heterocycles. The van der Waals surface area contributed by atoms with Gasteiger partial charge in [0.2, 0.25) is 0 Å². The van der Waals surface area contributed by atoms with Gasteiger partial charge in [0.15, 0.2) is 9.84 Å². The normalized spacial score (nSPS) is 13.8. The van der Waals surface area contributed by atoms with E-state index in [1.807, 2.05) is 6.92 Å². The van der Waals surface area contributed by atoms with Gasteiger partial charge in [-0.3, -0.25) is 0 Å². The molecule has 0 unspecified atom stereocenters. The quantitative estimate of drug-likeness (QED) is 0.863. The van der Waals surface area contributed by atoms with Crippen LogP contribution in [-0.4, -0.2) is 26.0 Å². The molecule has 0 aliphatic heterocycles. The van der Waals surface area contributed by atoms with Gasteiger partial charge in [-0.15, -0.1) is 0 Å². The first-order chi connectivity index (χ1) is 8.33. The van der Waals surface area contributed by atoms with Gasteiger partial charge in [0.05, 0.1) is 11.0 Å². The summed E-state index contributed by atoms with van der Waals surface area (Å²) in [6.45, 7) is 8.04. The second kappa shape index (κ2) is 6.34. The first-order valence-electron chi connectivity index (χ1n) is 6.34. The minimum absolute atomic E-state index is 0.174. The number of benzene rings is 1. The highest BCUT2D eigenvalue weighted by atomic mass is 32.2. The van der Waals surface area contributed by atoms with Crippen LogP contribution < -0.4 is 5.32 Å². The van der Waals surface area contributed by atoms with Crippen LogP contribution in [0.2, 0.25) is 0 Å². The van der Waals surface area contributed by atoms with Crippen molar-refractivity contribution in [2.75, 3.05) is 12.3 Å². The summed E-state index contributed by atoms with van der Waals surface area (Å²) in [6.07, 6.45) is 0. The van der Waals surface area contributed by atoms with Crippen molar-refractivity contribution in [3.63, 3.8) is 0 Å². The standard InChI is InChI=1S/C14H23NO2S/c1-11(2)18(16,17)10-9-15-13(4)14-7-5-12(3)6-8-14/h5-8,11,13,15H,9-10H2,1-4H3/t13-/m0/s1. The maximum absolute atomic E-state index is 11.7. The van der Waals surface area contributed by atoms with E-state index < -0.39 is 9.84 Å². The third-order valence-electron chi connectivity index (χ3n) is 3.13. The van der Waals surface area contributed by atoms with Crippen LogP contribution in [0.5, 0.6) is 0 Å². The highest BCUT2D eigenvalue weighted by Crippen LogP contribution is 2.12. The second-order valence-electron chi connectivity index (χ2n) is 5.00. The molecule has 4 heteroatoms. The summed E-state index contributed by atoms with van der Waals surface area (Å²) in [7, 11) is -2.95. The van der Waals surface area contributed by atoms with E-state index in [1.54, 1.807) is 13.8 Å². The maximum atomic E-state index is 11.7. The summed E-state index contributed by atoms with van der Waals surface area (Å²) in [4.78, 5) is 0. The Bertz CT molecular complexity index is 463. The van der Waals surface area contributed by atoms with E-state index in [2.05, 4.69) is 36.5 Å². The summed E-state index contributed by atoms with van der Waals surface area (Å²) in [5, 5.41) is 2.95. The molecule has 0 aromatic heterocycles. The molecule has 1 aromatic carbocycles. The lowest BCUT2D eigenvalue weighted by Gasteiger charge is -2.15. The zero-order valence-electron chi connectivity index (χ0n) is 11.6. The zero-order valence-corrected chi connectivity index (χ0v) is 12.4. The summed E-state index contributed by atoms with van der Waals surface area (Å²) < 4.78 is 23.3. The first kappa shape index (κ1) is 15.2. The van der Waals surface area contributed by atoms with E-state index in [4.69, 9.17) is 0 Å². The molecule has 0 amide bonds. The van der Waals surface area contributed by atoms with Crippen molar-refractivity contribution in [3.05, 3.63) is 35.4 Å². The zero-order chi connectivity index (χ0) is 13.8. The van der Waals surface area contributed by atoms with Gasteiger partial charge in [0.1, 0.15) is 0 Å². The Morgan fingerprint density at radius 2 is 1.67 bits per heavy atom. The van der Waals surface area contributed by atoms with Gasteiger partial charge in [-0.25, -0.2) is 8.42 Å². The Balaban J connectivity index is 2.47. The fraction of sp³-hybridized carbons (Fsp3) is 0.571. The molecule has 18 heavy (non-hydrogen) atoms. The number of hydrogen-bond donors (Lipinski definition) is 1. The molecule has 0 bridgehead atoms. The predicted molar refractivity (Wildman–Crippen MR) is 76.5 cm³/mol. The SMILES string of the molecule is Cc1ccc([C@H](C)NCCS(=O)(=O)C(C)C)cc1. The minimum atomic E-state index is -2.95. The number of sulfone groups is 1. The summed E-state index contributed by atoms with van der Waals surface area (Å²) in [5.41, 5.74) is 2.41. The Labute approximate surface area is 111 Å². The maximum Gasteiger partial charge on any atom is 0.153 e. The largest absolute Gasteiger partial charge is 0.309 e. The summed E-state index contributed by atoms with van der Waals surface area (Å²) in [5.74, 6) is 0.195. The van der Waals surface area contributed by atoms with Crippen LogP contribution >= 0.6 is 0 Å². The van der Waals surface area contributed by atoms with Crippen molar-refractivity contribution < 1.29 is 8.42 Å². The van der Waals surface area contributed by atoms with Gasteiger partial charge in [-0.05, 0) is 33.3 Å². The van der Waals surface area contributed by atoms with Gasteiger partial charge in [-0.2, -0.15) is 0 Å². The van der Waals surface area contributed by atoms with Gasteiger partial charge < -0.3 is 5.32 Å². The molecule has 0 fully saturated rings. The van der Waals surface area contributed by atoms with Crippen LogP contribution in [0, 0.1) is 6.92 Å². The fourth-order valence-electron chi connectivity index (χ4n) is 1.63. The van der Waals surface area contributed by atoms with Crippen molar-refractivity contribution in [1.29, 1.82) is 0 Å². The predicted octanol–water partition coefficient (Wildman–Crippen LogP) is 2.47. The Kier molecular flexibility index (Phi) is 5.35. The smallest absolute Gasteiger partial charge is 0.153 e. The van der Waals surface area contributed by atoms with E-state index in [-0.39, 0.29) is 17.0 Å². The van der Waals surface area contributed by atoms with Crippen LogP contribution in [0.15, 0.2) is 24.3 Å². The molecule has 0 saturated carbocycles. The highest BCUT2D eigenvalue weighted by molar-refractivity contribution is 7.92. The van der Waals surface area contributed by atoms with Crippen molar-refractivity contribution in [3.8, 4) is 0 Å². The van der Waals surface area contributed by atoms with Crippen LogP contribution in [0.4, 0.5) is 0 Å². The van der Waals surface area contributed by atoms with Gasteiger partial charge in [0.25, 0.3) is 0 Å². The number of aryl methyl sites for hydroxylation is 1.